The van der Waals surface area contributed by atoms with E-state index >= 15 is 0 Å². The zero-order valence-electron chi connectivity index (χ0n) is 26.3. The molecule has 39 heavy (non-hydrogen) atoms. The monoisotopic (exact) mass is 556 g/mol. The van der Waals surface area contributed by atoms with Crippen LogP contribution in [0.3, 0.4) is 0 Å². The highest BCUT2D eigenvalue weighted by atomic mass is 16.3. The highest BCUT2D eigenvalue weighted by Gasteiger charge is 2.26. The van der Waals surface area contributed by atoms with E-state index < -0.39 is 18.2 Å². The van der Waals surface area contributed by atoms with Gasteiger partial charge < -0.3 is 20.6 Å². The van der Waals surface area contributed by atoms with Gasteiger partial charge in [0.15, 0.2) is 0 Å². The van der Waals surface area contributed by atoms with E-state index in [0.717, 1.165) is 38.5 Å². The molecule has 0 aliphatic rings. The normalized spacial score (nSPS) is 13.9. The molecule has 0 saturated heterocycles. The summed E-state index contributed by atoms with van der Waals surface area (Å²) in [5.74, 6) is -0.145. The van der Waals surface area contributed by atoms with E-state index in [1.807, 2.05) is 0 Å². The lowest BCUT2D eigenvalue weighted by Crippen LogP contribution is -2.50. The van der Waals surface area contributed by atoms with Crippen LogP contribution in [0.4, 0.5) is 0 Å². The quantitative estimate of drug-likeness (QED) is 0.0644. The van der Waals surface area contributed by atoms with Gasteiger partial charge in [0.1, 0.15) is 6.10 Å². The van der Waals surface area contributed by atoms with Crippen molar-refractivity contribution in [3.63, 3.8) is 0 Å². The van der Waals surface area contributed by atoms with E-state index in [0.29, 0.717) is 12.8 Å². The Morgan fingerprint density at radius 2 is 0.872 bits per heavy atom. The summed E-state index contributed by atoms with van der Waals surface area (Å²) in [5.41, 5.74) is 0. The van der Waals surface area contributed by atoms with Crippen LogP contribution in [0, 0.1) is 0 Å². The van der Waals surface area contributed by atoms with Crippen LogP contribution in [0.25, 0.3) is 0 Å². The molecule has 3 atom stereocenters. The Balaban J connectivity index is 3.69. The average molecular weight is 556 g/mol. The molecular weight excluding hydrogens is 486 g/mol. The number of hydrogen-bond acceptors (Lipinski definition) is 4. The maximum atomic E-state index is 12.3. The predicted octanol–water partition coefficient (Wildman–Crippen LogP) is 8.76. The fraction of sp³-hybridized carbons (Fsp3) is 0.971. The van der Waals surface area contributed by atoms with Crippen LogP contribution >= 0.6 is 0 Å². The summed E-state index contributed by atoms with van der Waals surface area (Å²) in [6.45, 7) is 4.15. The van der Waals surface area contributed by atoms with Crippen LogP contribution in [0.1, 0.15) is 187 Å². The van der Waals surface area contributed by atoms with E-state index in [-0.39, 0.29) is 12.5 Å². The van der Waals surface area contributed by atoms with Crippen LogP contribution in [0.2, 0.25) is 0 Å². The van der Waals surface area contributed by atoms with Crippen molar-refractivity contribution >= 4 is 5.91 Å². The SMILES string of the molecule is CCCCCCCCCCCCCCCC(=O)N[C@@H](CO)[C@H](O)[C@@H](O)CCCCCCCCCCCCCC. The minimum atomic E-state index is -1.13. The summed E-state index contributed by atoms with van der Waals surface area (Å²) >= 11 is 0. The molecule has 0 aromatic heterocycles. The topological polar surface area (TPSA) is 89.8 Å². The Hall–Kier alpha value is -0.650. The molecule has 5 nitrogen and oxygen atoms in total. The van der Waals surface area contributed by atoms with Crippen LogP contribution in [-0.4, -0.2) is 46.1 Å². The molecule has 0 aliphatic carbocycles. The fourth-order valence-electron chi connectivity index (χ4n) is 5.45. The summed E-state index contributed by atoms with van der Waals surface area (Å²) in [6, 6.07) is -0.799. The van der Waals surface area contributed by atoms with Gasteiger partial charge in [-0.05, 0) is 12.8 Å². The van der Waals surface area contributed by atoms with Crippen molar-refractivity contribution in [2.24, 2.45) is 0 Å². The van der Waals surface area contributed by atoms with Gasteiger partial charge >= 0.3 is 0 Å². The van der Waals surface area contributed by atoms with Gasteiger partial charge in [0, 0.05) is 6.42 Å². The largest absolute Gasteiger partial charge is 0.394 e. The minimum Gasteiger partial charge on any atom is -0.394 e. The zero-order valence-corrected chi connectivity index (χ0v) is 26.3. The number of aliphatic hydroxyl groups is 3. The molecule has 0 fully saturated rings. The number of unbranched alkanes of at least 4 members (excludes halogenated alkanes) is 23. The second-order valence-corrected chi connectivity index (χ2v) is 12.1. The third kappa shape index (κ3) is 26.0. The number of rotatable bonds is 31. The lowest BCUT2D eigenvalue weighted by molar-refractivity contribution is -0.124. The van der Waals surface area contributed by atoms with Crippen molar-refractivity contribution in [1.29, 1.82) is 0 Å². The van der Waals surface area contributed by atoms with Gasteiger partial charge in [0.2, 0.25) is 5.91 Å². The molecule has 0 rings (SSSR count). The molecule has 0 aromatic rings. The van der Waals surface area contributed by atoms with Crippen molar-refractivity contribution in [2.75, 3.05) is 6.61 Å². The van der Waals surface area contributed by atoms with E-state index in [1.165, 1.54) is 122 Å². The number of nitrogens with one attached hydrogen (secondary N) is 1. The van der Waals surface area contributed by atoms with Crippen LogP contribution in [-0.2, 0) is 4.79 Å². The van der Waals surface area contributed by atoms with Crippen LogP contribution in [0.15, 0.2) is 0 Å². The summed E-state index contributed by atoms with van der Waals surface area (Å²) in [7, 11) is 0. The molecule has 4 N–H and O–H groups in total. The lowest BCUT2D eigenvalue weighted by atomic mass is 9.99. The van der Waals surface area contributed by atoms with E-state index in [1.54, 1.807) is 0 Å². The fourth-order valence-corrected chi connectivity index (χ4v) is 5.45. The van der Waals surface area contributed by atoms with E-state index in [4.69, 9.17) is 0 Å². The number of hydrogen-bond donors (Lipinski definition) is 4. The predicted molar refractivity (Wildman–Crippen MR) is 167 cm³/mol. The number of carbonyl (C=O) groups excluding carboxylic acids is 1. The van der Waals surface area contributed by atoms with Gasteiger partial charge in [-0.1, -0.05) is 168 Å². The average Bonchev–Trinajstić information content (AvgIpc) is 2.94. The van der Waals surface area contributed by atoms with Gasteiger partial charge in [-0.25, -0.2) is 0 Å². The highest BCUT2D eigenvalue weighted by molar-refractivity contribution is 5.76. The first-order valence-corrected chi connectivity index (χ1v) is 17.3. The molecule has 0 bridgehead atoms. The second-order valence-electron chi connectivity index (χ2n) is 12.1. The van der Waals surface area contributed by atoms with Crippen LogP contribution in [0.5, 0.6) is 0 Å². The molecule has 0 heterocycles. The van der Waals surface area contributed by atoms with Gasteiger partial charge in [0.05, 0.1) is 18.8 Å². The molecule has 1 amide bonds. The van der Waals surface area contributed by atoms with Gasteiger partial charge in [-0.2, -0.15) is 0 Å². The smallest absolute Gasteiger partial charge is 0.220 e. The van der Waals surface area contributed by atoms with Crippen molar-refractivity contribution in [2.45, 2.75) is 205 Å². The molecule has 5 heteroatoms. The maximum Gasteiger partial charge on any atom is 0.220 e. The van der Waals surface area contributed by atoms with E-state index in [2.05, 4.69) is 19.2 Å². The molecule has 234 valence electrons. The first-order chi connectivity index (χ1) is 19.1. The molecule has 0 aromatic carbocycles. The molecule has 0 saturated carbocycles. The van der Waals surface area contributed by atoms with Crippen molar-refractivity contribution in [3.8, 4) is 0 Å². The summed E-state index contributed by atoms with van der Waals surface area (Å²) < 4.78 is 0. The van der Waals surface area contributed by atoms with Crippen molar-refractivity contribution in [1.82, 2.24) is 5.32 Å². The zero-order chi connectivity index (χ0) is 28.8. The van der Waals surface area contributed by atoms with Crippen LogP contribution < -0.4 is 5.32 Å². The third-order valence-electron chi connectivity index (χ3n) is 8.21. The lowest BCUT2D eigenvalue weighted by Gasteiger charge is -2.26. The minimum absolute atomic E-state index is 0.145. The van der Waals surface area contributed by atoms with Crippen molar-refractivity contribution < 1.29 is 20.1 Å². The van der Waals surface area contributed by atoms with E-state index in [9.17, 15) is 20.1 Å². The molecule has 0 unspecified atom stereocenters. The third-order valence-corrected chi connectivity index (χ3v) is 8.21. The molecule has 0 aliphatic heterocycles. The first-order valence-electron chi connectivity index (χ1n) is 17.3. The molecule has 0 radical (unpaired) electrons. The summed E-state index contributed by atoms with van der Waals surface area (Å²) in [5, 5.41) is 33.2. The molecule has 0 spiro atoms. The van der Waals surface area contributed by atoms with Gasteiger partial charge in [-0.3, -0.25) is 4.79 Å². The summed E-state index contributed by atoms with van der Waals surface area (Å²) in [4.78, 5) is 12.3. The molecular formula is C34H69NO4. The Labute approximate surface area is 243 Å². The standard InChI is InChI=1S/C34H69NO4/c1-3-5-7-9-11-13-15-17-19-21-23-25-27-29-33(38)35-31(30-36)34(39)32(37)28-26-24-22-20-18-16-14-12-10-8-6-4-2/h31-32,34,36-37,39H,3-30H2,1-2H3,(H,35,38)/t31-,32-,34-/m0/s1. The Kier molecular flexibility index (Phi) is 29.8. The number of aliphatic hydroxyl groups excluding tert-OH is 3. The second kappa shape index (κ2) is 30.3. The maximum absolute atomic E-state index is 12.3. The van der Waals surface area contributed by atoms with Gasteiger partial charge in [0.25, 0.3) is 0 Å². The Bertz CT molecular complexity index is 502. The highest BCUT2D eigenvalue weighted by Crippen LogP contribution is 2.16. The number of carbonyl (C=O) groups is 1. The van der Waals surface area contributed by atoms with Gasteiger partial charge in [-0.15, -0.1) is 0 Å². The number of amides is 1. The van der Waals surface area contributed by atoms with Crippen molar-refractivity contribution in [3.05, 3.63) is 0 Å². The Morgan fingerprint density at radius 1 is 0.538 bits per heavy atom. The summed E-state index contributed by atoms with van der Waals surface area (Å²) in [6.07, 6.45) is 30.4. The Morgan fingerprint density at radius 3 is 1.23 bits per heavy atom. The first kappa shape index (κ1) is 38.4.